The molecule has 0 aromatic carbocycles. The van der Waals surface area contributed by atoms with Crippen molar-refractivity contribution in [1.29, 1.82) is 0 Å². The number of nitrogens with zero attached hydrogens (tertiary/aromatic N) is 1. The summed E-state index contributed by atoms with van der Waals surface area (Å²) in [6, 6.07) is 0.347. The highest BCUT2D eigenvalue weighted by Crippen LogP contribution is 2.23. The van der Waals surface area contributed by atoms with E-state index in [-0.39, 0.29) is 5.37 Å². The maximum Gasteiger partial charge on any atom is 0.164 e. The van der Waals surface area contributed by atoms with Gasteiger partial charge in [-0.2, -0.15) is 11.8 Å². The Morgan fingerprint density at radius 1 is 1.44 bits per heavy atom. The number of nitrogens with one attached hydrogen (secondary N) is 1. The Morgan fingerprint density at radius 2 is 2.22 bits per heavy atom. The van der Waals surface area contributed by atoms with Crippen LogP contribution in [0.2, 0.25) is 0 Å². The van der Waals surface area contributed by atoms with Gasteiger partial charge in [-0.3, -0.25) is 4.90 Å². The number of ether oxygens (including phenoxy) is 1. The van der Waals surface area contributed by atoms with E-state index < -0.39 is 9.84 Å². The van der Waals surface area contributed by atoms with Crippen LogP contribution in [0, 0.1) is 5.92 Å². The van der Waals surface area contributed by atoms with Crippen molar-refractivity contribution in [3.63, 3.8) is 0 Å². The third-order valence-electron chi connectivity index (χ3n) is 3.72. The lowest BCUT2D eigenvalue weighted by Crippen LogP contribution is -2.51. The van der Waals surface area contributed by atoms with Crippen LogP contribution in [0.1, 0.15) is 0 Å². The zero-order valence-corrected chi connectivity index (χ0v) is 12.6. The van der Waals surface area contributed by atoms with Gasteiger partial charge in [0.15, 0.2) is 9.84 Å². The number of hydrogen-bond acceptors (Lipinski definition) is 6. The van der Waals surface area contributed by atoms with Crippen LogP contribution in [-0.4, -0.2) is 75.8 Å². The number of rotatable bonds is 4. The molecule has 1 N–H and O–H groups in total. The van der Waals surface area contributed by atoms with Crippen LogP contribution in [-0.2, 0) is 14.6 Å². The lowest BCUT2D eigenvalue weighted by Gasteiger charge is -2.36. The average molecular weight is 294 g/mol. The largest absolute Gasteiger partial charge is 0.379 e. The Morgan fingerprint density at radius 3 is 2.89 bits per heavy atom. The van der Waals surface area contributed by atoms with Crippen LogP contribution in [0.4, 0.5) is 0 Å². The quantitative estimate of drug-likeness (QED) is 0.764. The first-order chi connectivity index (χ1) is 8.52. The first-order valence-electron chi connectivity index (χ1n) is 6.28. The highest BCUT2D eigenvalue weighted by atomic mass is 32.2. The normalized spacial score (nSPS) is 34.9. The smallest absolute Gasteiger partial charge is 0.164 e. The van der Waals surface area contributed by atoms with Gasteiger partial charge in [-0.1, -0.05) is 0 Å². The third kappa shape index (κ3) is 3.39. The molecule has 0 spiro atoms. The summed E-state index contributed by atoms with van der Waals surface area (Å²) in [5.41, 5.74) is 0. The minimum Gasteiger partial charge on any atom is -0.379 e. The number of sulfone groups is 1. The minimum absolute atomic E-state index is 0.325. The molecule has 5 nitrogen and oxygen atoms in total. The first-order valence-corrected chi connectivity index (χ1v) is 9.39. The van der Waals surface area contributed by atoms with Gasteiger partial charge in [0.2, 0.25) is 0 Å². The fourth-order valence-electron chi connectivity index (χ4n) is 2.62. The van der Waals surface area contributed by atoms with E-state index in [9.17, 15) is 8.42 Å². The van der Waals surface area contributed by atoms with E-state index in [1.807, 2.05) is 7.05 Å². The number of likely N-dealkylation sites (N-methyl/N-ethyl adjacent to an activating group) is 1. The molecular formula is C11H22N2O3S2. The van der Waals surface area contributed by atoms with Crippen molar-refractivity contribution in [1.82, 2.24) is 10.2 Å². The molecule has 2 saturated heterocycles. The van der Waals surface area contributed by atoms with Crippen molar-refractivity contribution in [3.05, 3.63) is 0 Å². The molecule has 2 fully saturated rings. The van der Waals surface area contributed by atoms with Crippen LogP contribution in [0.3, 0.4) is 0 Å². The molecule has 3 atom stereocenters. The summed E-state index contributed by atoms with van der Waals surface area (Å²) >= 11 is 1.73. The van der Waals surface area contributed by atoms with E-state index in [0.29, 0.717) is 17.7 Å². The third-order valence-corrected chi connectivity index (χ3v) is 6.41. The van der Waals surface area contributed by atoms with Crippen LogP contribution in [0.25, 0.3) is 0 Å². The standard InChI is InChI=1S/C11H22N2O3S2/c1-12-10-7-16-6-9(10)5-13-3-4-17-8-11(13)18(2,14)15/h9-12H,3-8H2,1-2H3. The van der Waals surface area contributed by atoms with E-state index in [1.54, 1.807) is 11.8 Å². The van der Waals surface area contributed by atoms with Crippen molar-refractivity contribution < 1.29 is 13.2 Å². The van der Waals surface area contributed by atoms with E-state index >= 15 is 0 Å². The van der Waals surface area contributed by atoms with Gasteiger partial charge in [0.05, 0.1) is 13.2 Å². The second-order valence-electron chi connectivity index (χ2n) is 5.05. The van der Waals surface area contributed by atoms with Gasteiger partial charge in [-0.05, 0) is 7.05 Å². The molecule has 0 radical (unpaired) electrons. The molecule has 2 aliphatic heterocycles. The van der Waals surface area contributed by atoms with E-state index in [1.165, 1.54) is 6.26 Å². The zero-order chi connectivity index (χ0) is 13.2. The van der Waals surface area contributed by atoms with Gasteiger partial charge in [-0.25, -0.2) is 8.42 Å². The summed E-state index contributed by atoms with van der Waals surface area (Å²) in [6.45, 7) is 3.12. The van der Waals surface area contributed by atoms with Crippen molar-refractivity contribution >= 4 is 21.6 Å². The van der Waals surface area contributed by atoms with Crippen LogP contribution in [0.15, 0.2) is 0 Å². The van der Waals surface area contributed by atoms with Crippen LogP contribution >= 0.6 is 11.8 Å². The van der Waals surface area contributed by atoms with Gasteiger partial charge in [0.25, 0.3) is 0 Å². The summed E-state index contributed by atoms with van der Waals surface area (Å²) in [7, 11) is -1.06. The maximum atomic E-state index is 11.8. The minimum atomic E-state index is -3.00. The fraction of sp³-hybridized carbons (Fsp3) is 1.00. The summed E-state index contributed by atoms with van der Waals surface area (Å²) < 4.78 is 29.1. The van der Waals surface area contributed by atoms with Crippen molar-refractivity contribution in [3.8, 4) is 0 Å². The molecule has 0 aromatic rings. The molecule has 2 rings (SSSR count). The zero-order valence-electron chi connectivity index (χ0n) is 11.0. The maximum absolute atomic E-state index is 11.8. The molecule has 0 saturated carbocycles. The molecule has 3 unspecified atom stereocenters. The molecule has 2 heterocycles. The Kier molecular flexibility index (Phi) is 4.93. The molecule has 2 aliphatic rings. The lowest BCUT2D eigenvalue weighted by molar-refractivity contribution is 0.165. The van der Waals surface area contributed by atoms with Gasteiger partial charge in [0.1, 0.15) is 5.37 Å². The predicted octanol–water partition coefficient (Wildman–Crippen LogP) is -0.360. The lowest BCUT2D eigenvalue weighted by atomic mass is 10.0. The van der Waals surface area contributed by atoms with E-state index in [4.69, 9.17) is 4.74 Å². The van der Waals surface area contributed by atoms with E-state index in [0.717, 1.165) is 32.1 Å². The molecule has 7 heteroatoms. The number of thioether (sulfide) groups is 1. The Bertz CT molecular complexity index is 374. The summed E-state index contributed by atoms with van der Waals surface area (Å²) in [6.07, 6.45) is 1.34. The molecule has 0 aliphatic carbocycles. The highest BCUT2D eigenvalue weighted by molar-refractivity contribution is 8.00. The second kappa shape index (κ2) is 6.09. The first kappa shape index (κ1) is 14.6. The molecule has 0 bridgehead atoms. The Hall–Kier alpha value is 0.180. The highest BCUT2D eigenvalue weighted by Gasteiger charge is 2.35. The fourth-order valence-corrected chi connectivity index (χ4v) is 5.57. The molecule has 0 amide bonds. The average Bonchev–Trinajstić information content (AvgIpc) is 2.75. The van der Waals surface area contributed by atoms with Gasteiger partial charge in [0, 0.05) is 42.8 Å². The van der Waals surface area contributed by atoms with Gasteiger partial charge in [-0.15, -0.1) is 0 Å². The van der Waals surface area contributed by atoms with Crippen LogP contribution in [0.5, 0.6) is 0 Å². The monoisotopic (exact) mass is 294 g/mol. The second-order valence-corrected chi connectivity index (χ2v) is 8.40. The van der Waals surface area contributed by atoms with Crippen molar-refractivity contribution in [2.45, 2.75) is 11.4 Å². The SMILES string of the molecule is CNC1COCC1CN1CCSCC1S(C)(=O)=O. The van der Waals surface area contributed by atoms with Crippen molar-refractivity contribution in [2.75, 3.05) is 51.1 Å². The molecule has 0 aromatic heterocycles. The number of hydrogen-bond donors (Lipinski definition) is 1. The summed E-state index contributed by atoms with van der Waals surface area (Å²) in [5, 5.41) is 2.93. The predicted molar refractivity (Wildman–Crippen MR) is 74.7 cm³/mol. The summed E-state index contributed by atoms with van der Waals surface area (Å²) in [4.78, 5) is 2.12. The molecular weight excluding hydrogens is 272 g/mol. The van der Waals surface area contributed by atoms with E-state index in [2.05, 4.69) is 10.2 Å². The summed E-state index contributed by atoms with van der Waals surface area (Å²) in [5.74, 6) is 2.10. The Balaban J connectivity index is 2.01. The Labute approximate surface area is 114 Å². The topological polar surface area (TPSA) is 58.6 Å². The molecule has 18 heavy (non-hydrogen) atoms. The molecule has 106 valence electrons. The van der Waals surface area contributed by atoms with Crippen LogP contribution < -0.4 is 5.32 Å². The van der Waals surface area contributed by atoms with Crippen molar-refractivity contribution in [2.24, 2.45) is 5.92 Å². The van der Waals surface area contributed by atoms with Gasteiger partial charge < -0.3 is 10.1 Å². The van der Waals surface area contributed by atoms with Gasteiger partial charge >= 0.3 is 0 Å².